The van der Waals surface area contributed by atoms with Gasteiger partial charge in [-0.15, -0.1) is 0 Å². The van der Waals surface area contributed by atoms with Gasteiger partial charge in [-0.2, -0.15) is 0 Å². The first kappa shape index (κ1) is 11.4. The summed E-state index contributed by atoms with van der Waals surface area (Å²) < 4.78 is 5.23. The molecule has 1 aliphatic rings. The van der Waals surface area contributed by atoms with Crippen molar-refractivity contribution >= 4 is 0 Å². The van der Waals surface area contributed by atoms with E-state index in [1.54, 1.807) is 7.11 Å². The van der Waals surface area contributed by atoms with E-state index in [0.29, 0.717) is 6.04 Å². The van der Waals surface area contributed by atoms with Crippen LogP contribution in [0.15, 0.2) is 12.1 Å². The van der Waals surface area contributed by atoms with E-state index in [4.69, 9.17) is 4.74 Å². The standard InChI is InChI=1S/C13H20N2O/c1-9-6-13(16-3)7-12(15-9)8-14-10(2)11-4-5-11/h6-7,10-11,14H,4-5,8H2,1-3H3. The molecule has 1 N–H and O–H groups in total. The van der Waals surface area contributed by atoms with E-state index >= 15 is 0 Å². The van der Waals surface area contributed by atoms with Gasteiger partial charge in [-0.1, -0.05) is 0 Å². The molecule has 1 saturated carbocycles. The molecule has 0 saturated heterocycles. The number of methoxy groups -OCH3 is 1. The van der Waals surface area contributed by atoms with Crippen LogP contribution in [0.5, 0.6) is 5.75 Å². The Morgan fingerprint density at radius 1 is 1.50 bits per heavy atom. The molecule has 1 fully saturated rings. The number of aromatic nitrogens is 1. The minimum Gasteiger partial charge on any atom is -0.497 e. The fraction of sp³-hybridized carbons (Fsp3) is 0.615. The molecule has 0 amide bonds. The van der Waals surface area contributed by atoms with E-state index < -0.39 is 0 Å². The van der Waals surface area contributed by atoms with Crippen molar-refractivity contribution in [1.29, 1.82) is 0 Å². The lowest BCUT2D eigenvalue weighted by molar-refractivity contribution is 0.412. The van der Waals surface area contributed by atoms with Crippen molar-refractivity contribution in [3.63, 3.8) is 0 Å². The number of ether oxygens (including phenoxy) is 1. The summed E-state index contributed by atoms with van der Waals surface area (Å²) in [5.41, 5.74) is 2.07. The molecule has 0 spiro atoms. The van der Waals surface area contributed by atoms with Gasteiger partial charge in [-0.05, 0) is 32.6 Å². The first-order valence-electron chi connectivity index (χ1n) is 5.94. The highest BCUT2D eigenvalue weighted by Gasteiger charge is 2.27. The molecule has 16 heavy (non-hydrogen) atoms. The van der Waals surface area contributed by atoms with E-state index in [1.165, 1.54) is 12.8 Å². The maximum absolute atomic E-state index is 5.23. The van der Waals surface area contributed by atoms with Crippen molar-refractivity contribution in [2.24, 2.45) is 5.92 Å². The number of pyridine rings is 1. The fourth-order valence-electron chi connectivity index (χ4n) is 1.94. The summed E-state index contributed by atoms with van der Waals surface area (Å²) in [6.07, 6.45) is 2.75. The lowest BCUT2D eigenvalue weighted by Crippen LogP contribution is -2.27. The predicted octanol–water partition coefficient (Wildman–Crippen LogP) is 2.29. The van der Waals surface area contributed by atoms with E-state index in [0.717, 1.165) is 29.6 Å². The maximum Gasteiger partial charge on any atom is 0.122 e. The van der Waals surface area contributed by atoms with Crippen LogP contribution < -0.4 is 10.1 Å². The Kier molecular flexibility index (Phi) is 3.44. The van der Waals surface area contributed by atoms with Crippen LogP contribution in [0, 0.1) is 12.8 Å². The average Bonchev–Trinajstić information content (AvgIpc) is 3.08. The summed E-state index contributed by atoms with van der Waals surface area (Å²) in [6.45, 7) is 5.08. The summed E-state index contributed by atoms with van der Waals surface area (Å²) in [5, 5.41) is 3.52. The largest absolute Gasteiger partial charge is 0.497 e. The zero-order valence-electron chi connectivity index (χ0n) is 10.3. The Hall–Kier alpha value is -1.09. The third-order valence-electron chi connectivity index (χ3n) is 3.15. The minimum atomic E-state index is 0.605. The Morgan fingerprint density at radius 3 is 2.88 bits per heavy atom. The summed E-state index contributed by atoms with van der Waals surface area (Å²) in [7, 11) is 1.69. The number of hydrogen-bond acceptors (Lipinski definition) is 3. The van der Waals surface area contributed by atoms with E-state index in [9.17, 15) is 0 Å². The molecule has 0 radical (unpaired) electrons. The number of hydrogen-bond donors (Lipinski definition) is 1. The van der Waals surface area contributed by atoms with Crippen LogP contribution >= 0.6 is 0 Å². The molecular formula is C13H20N2O. The highest BCUT2D eigenvalue weighted by molar-refractivity contribution is 5.26. The second kappa shape index (κ2) is 4.83. The highest BCUT2D eigenvalue weighted by Crippen LogP contribution is 2.32. The molecule has 2 rings (SSSR count). The Labute approximate surface area is 97.2 Å². The molecule has 0 aliphatic heterocycles. The number of rotatable bonds is 5. The van der Waals surface area contributed by atoms with E-state index in [-0.39, 0.29) is 0 Å². The molecule has 3 nitrogen and oxygen atoms in total. The molecule has 0 bridgehead atoms. The first-order chi connectivity index (χ1) is 7.69. The van der Waals surface area contributed by atoms with Crippen molar-refractivity contribution in [3.8, 4) is 5.75 Å². The van der Waals surface area contributed by atoms with Crippen molar-refractivity contribution in [2.75, 3.05) is 7.11 Å². The predicted molar refractivity (Wildman–Crippen MR) is 64.6 cm³/mol. The summed E-state index contributed by atoms with van der Waals surface area (Å²) >= 11 is 0. The smallest absolute Gasteiger partial charge is 0.122 e. The highest BCUT2D eigenvalue weighted by atomic mass is 16.5. The van der Waals surface area contributed by atoms with Crippen LogP contribution in [0.4, 0.5) is 0 Å². The third kappa shape index (κ3) is 2.95. The van der Waals surface area contributed by atoms with Crippen LogP contribution in [-0.4, -0.2) is 18.1 Å². The van der Waals surface area contributed by atoms with E-state index in [1.807, 2.05) is 19.1 Å². The van der Waals surface area contributed by atoms with Gasteiger partial charge in [0.05, 0.1) is 12.8 Å². The molecular weight excluding hydrogens is 200 g/mol. The maximum atomic E-state index is 5.23. The van der Waals surface area contributed by atoms with Gasteiger partial charge in [0.1, 0.15) is 5.75 Å². The number of aryl methyl sites for hydroxylation is 1. The fourth-order valence-corrected chi connectivity index (χ4v) is 1.94. The Morgan fingerprint density at radius 2 is 2.25 bits per heavy atom. The zero-order chi connectivity index (χ0) is 11.5. The lowest BCUT2D eigenvalue weighted by atomic mass is 10.2. The monoisotopic (exact) mass is 220 g/mol. The normalized spacial score (nSPS) is 17.2. The van der Waals surface area contributed by atoms with Crippen LogP contribution in [-0.2, 0) is 6.54 Å². The van der Waals surface area contributed by atoms with Crippen molar-refractivity contribution in [1.82, 2.24) is 10.3 Å². The molecule has 1 aromatic heterocycles. The third-order valence-corrected chi connectivity index (χ3v) is 3.15. The number of nitrogens with zero attached hydrogens (tertiary/aromatic N) is 1. The van der Waals surface area contributed by atoms with Crippen LogP contribution in [0.1, 0.15) is 31.2 Å². The molecule has 1 atom stereocenters. The quantitative estimate of drug-likeness (QED) is 0.826. The van der Waals surface area contributed by atoms with Gasteiger partial charge in [-0.3, -0.25) is 4.98 Å². The van der Waals surface area contributed by atoms with Gasteiger partial charge < -0.3 is 10.1 Å². The van der Waals surface area contributed by atoms with Gasteiger partial charge in [0.2, 0.25) is 0 Å². The second-order valence-corrected chi connectivity index (χ2v) is 4.65. The van der Waals surface area contributed by atoms with Gasteiger partial charge in [0.25, 0.3) is 0 Å². The van der Waals surface area contributed by atoms with E-state index in [2.05, 4.69) is 17.2 Å². The zero-order valence-corrected chi connectivity index (χ0v) is 10.3. The summed E-state index contributed by atoms with van der Waals surface area (Å²) in [6, 6.07) is 4.56. The molecule has 1 heterocycles. The molecule has 1 unspecified atom stereocenters. The Balaban J connectivity index is 1.94. The molecule has 1 aromatic rings. The SMILES string of the molecule is COc1cc(C)nc(CNC(C)C2CC2)c1. The lowest BCUT2D eigenvalue weighted by Gasteiger charge is -2.13. The summed E-state index contributed by atoms with van der Waals surface area (Å²) in [5.74, 6) is 1.77. The topological polar surface area (TPSA) is 34.1 Å². The second-order valence-electron chi connectivity index (χ2n) is 4.65. The van der Waals surface area contributed by atoms with Gasteiger partial charge in [0.15, 0.2) is 0 Å². The van der Waals surface area contributed by atoms with Crippen molar-refractivity contribution < 1.29 is 4.74 Å². The minimum absolute atomic E-state index is 0.605. The number of nitrogens with one attached hydrogen (secondary N) is 1. The Bertz CT molecular complexity index is 361. The molecule has 1 aliphatic carbocycles. The molecule has 0 aromatic carbocycles. The van der Waals surface area contributed by atoms with Gasteiger partial charge in [0, 0.05) is 30.4 Å². The van der Waals surface area contributed by atoms with Crippen molar-refractivity contribution in [3.05, 3.63) is 23.5 Å². The first-order valence-corrected chi connectivity index (χ1v) is 5.94. The summed E-state index contributed by atoms with van der Waals surface area (Å²) in [4.78, 5) is 4.49. The van der Waals surface area contributed by atoms with Crippen LogP contribution in [0.3, 0.4) is 0 Å². The molecule has 3 heteroatoms. The van der Waals surface area contributed by atoms with Crippen molar-refractivity contribution in [2.45, 2.75) is 39.3 Å². The van der Waals surface area contributed by atoms with Crippen LogP contribution in [0.25, 0.3) is 0 Å². The molecule has 88 valence electrons. The average molecular weight is 220 g/mol. The van der Waals surface area contributed by atoms with Gasteiger partial charge >= 0.3 is 0 Å². The van der Waals surface area contributed by atoms with Crippen LogP contribution in [0.2, 0.25) is 0 Å². The van der Waals surface area contributed by atoms with Gasteiger partial charge in [-0.25, -0.2) is 0 Å².